The first-order valence-corrected chi connectivity index (χ1v) is 10.7. The first-order chi connectivity index (χ1) is 13.0. The lowest BCUT2D eigenvalue weighted by molar-refractivity contribution is -1.03. The van der Waals surface area contributed by atoms with Gasteiger partial charge in [-0.25, -0.2) is 0 Å². The maximum atomic E-state index is 11.9. The maximum absolute atomic E-state index is 11.9. The molecule has 1 spiro atoms. The number of anilines is 1. The second-order valence-corrected chi connectivity index (χ2v) is 9.83. The van der Waals surface area contributed by atoms with Crippen molar-refractivity contribution in [3.05, 3.63) is 42.5 Å². The van der Waals surface area contributed by atoms with Gasteiger partial charge in [0.1, 0.15) is 6.04 Å². The van der Waals surface area contributed by atoms with Crippen LogP contribution in [-0.4, -0.2) is 58.7 Å². The number of aliphatic hydroxyl groups excluding tert-OH is 2. The second-order valence-electron chi connectivity index (χ2n) is 9.83. The Bertz CT molecular complexity index is 826. The van der Waals surface area contributed by atoms with Gasteiger partial charge in [0.2, 0.25) is 0 Å². The molecular weight excluding hydrogens is 336 g/mol. The molecule has 1 aromatic carbocycles. The van der Waals surface area contributed by atoms with Crippen LogP contribution in [0.5, 0.6) is 0 Å². The summed E-state index contributed by atoms with van der Waals surface area (Å²) in [6.45, 7) is 7.10. The monoisotopic (exact) mass is 367 g/mol. The molecule has 5 aliphatic heterocycles. The van der Waals surface area contributed by atoms with Crippen LogP contribution in [0.25, 0.3) is 0 Å². The number of aliphatic hydroxyl groups is 2. The minimum atomic E-state index is -0.321. The zero-order valence-electron chi connectivity index (χ0n) is 16.3. The molecule has 5 heterocycles. The van der Waals surface area contributed by atoms with Gasteiger partial charge in [-0.2, -0.15) is 0 Å². The molecule has 4 heteroatoms. The fourth-order valence-electron chi connectivity index (χ4n) is 8.98. The summed E-state index contributed by atoms with van der Waals surface area (Å²) in [4.78, 5) is 2.44. The summed E-state index contributed by atoms with van der Waals surface area (Å²) in [6, 6.07) is 9.71. The van der Waals surface area contributed by atoms with Crippen LogP contribution in [0, 0.1) is 17.8 Å². The van der Waals surface area contributed by atoms with Gasteiger partial charge >= 0.3 is 0 Å². The molecule has 5 fully saturated rings. The van der Waals surface area contributed by atoms with Crippen LogP contribution in [-0.2, 0) is 5.41 Å². The molecule has 6 aliphatic rings. The van der Waals surface area contributed by atoms with Crippen molar-refractivity contribution in [1.82, 2.24) is 0 Å². The van der Waals surface area contributed by atoms with Crippen LogP contribution in [0.4, 0.5) is 5.69 Å². The molecule has 1 saturated carbocycles. The number of fused-ring (bicyclic) bond motifs is 2. The number of rotatable bonds is 3. The smallest absolute Gasteiger partial charge is 0.194 e. The molecule has 0 aromatic heterocycles. The van der Waals surface area contributed by atoms with Crippen LogP contribution in [0.1, 0.15) is 31.7 Å². The first kappa shape index (κ1) is 16.6. The molecule has 1 aromatic rings. The molecule has 144 valence electrons. The SMILES string of the molecule is C=CC[N+]12[C@H](O)[C@@H](CC)[C@@H]3C[C@H]1[C@@H]1N(C)c4ccccc4[C@]14C[C@H]2[C@@H]3[C@@H]4O. The van der Waals surface area contributed by atoms with Gasteiger partial charge in [-0.1, -0.05) is 31.7 Å². The summed E-state index contributed by atoms with van der Waals surface area (Å²) in [6.07, 6.45) is 4.52. The van der Waals surface area contributed by atoms with Crippen molar-refractivity contribution in [2.24, 2.45) is 17.8 Å². The molecular formula is C23H31N2O2+. The van der Waals surface area contributed by atoms with Crippen molar-refractivity contribution in [2.75, 3.05) is 18.5 Å². The topological polar surface area (TPSA) is 43.7 Å². The Kier molecular flexibility index (Phi) is 3.05. The highest BCUT2D eigenvalue weighted by Gasteiger charge is 2.82. The number of piperidine rings is 4. The number of para-hydroxylation sites is 1. The highest BCUT2D eigenvalue weighted by Crippen LogP contribution is 2.71. The third-order valence-electron chi connectivity index (χ3n) is 9.56. The third-order valence-corrected chi connectivity index (χ3v) is 9.56. The molecule has 0 amide bonds. The van der Waals surface area contributed by atoms with Gasteiger partial charge in [-0.3, -0.25) is 4.48 Å². The van der Waals surface area contributed by atoms with Gasteiger partial charge in [0, 0.05) is 37.4 Å². The van der Waals surface area contributed by atoms with Crippen molar-refractivity contribution < 1.29 is 14.7 Å². The summed E-state index contributed by atoms with van der Waals surface area (Å²) in [7, 11) is 2.21. The molecule has 0 radical (unpaired) electrons. The lowest BCUT2D eigenvalue weighted by atomic mass is 9.60. The van der Waals surface area contributed by atoms with Crippen molar-refractivity contribution >= 4 is 5.69 Å². The zero-order chi connectivity index (χ0) is 18.7. The highest BCUT2D eigenvalue weighted by atomic mass is 16.3. The van der Waals surface area contributed by atoms with E-state index in [1.165, 1.54) is 11.3 Å². The quantitative estimate of drug-likeness (QED) is 0.636. The predicted molar refractivity (Wildman–Crippen MR) is 105 cm³/mol. The first-order valence-electron chi connectivity index (χ1n) is 10.7. The van der Waals surface area contributed by atoms with E-state index in [4.69, 9.17) is 0 Å². The van der Waals surface area contributed by atoms with E-state index in [2.05, 4.69) is 49.7 Å². The van der Waals surface area contributed by atoms with E-state index < -0.39 is 0 Å². The molecule has 1 unspecified atom stereocenters. The van der Waals surface area contributed by atoms with E-state index in [1.54, 1.807) is 0 Å². The summed E-state index contributed by atoms with van der Waals surface area (Å²) in [5, 5.41) is 23.5. The van der Waals surface area contributed by atoms with E-state index in [-0.39, 0.29) is 23.8 Å². The number of hydrogen-bond acceptors (Lipinski definition) is 3. The maximum Gasteiger partial charge on any atom is 0.194 e. The van der Waals surface area contributed by atoms with Crippen molar-refractivity contribution in [3.8, 4) is 0 Å². The average Bonchev–Trinajstić information content (AvgIpc) is 3.06. The number of quaternary nitrogens is 1. The molecule has 2 N–H and O–H groups in total. The molecule has 5 bridgehead atoms. The van der Waals surface area contributed by atoms with E-state index >= 15 is 0 Å². The Labute approximate surface area is 161 Å². The van der Waals surface area contributed by atoms with Crippen molar-refractivity contribution in [2.45, 2.75) is 62.1 Å². The second kappa shape index (κ2) is 4.97. The summed E-state index contributed by atoms with van der Waals surface area (Å²) in [5.74, 6) is 1.05. The largest absolute Gasteiger partial charge is 0.392 e. The number of hydrogen-bond donors (Lipinski definition) is 2. The van der Waals surface area contributed by atoms with E-state index in [9.17, 15) is 10.2 Å². The zero-order valence-corrected chi connectivity index (χ0v) is 16.3. The lowest BCUT2D eigenvalue weighted by Gasteiger charge is -2.67. The summed E-state index contributed by atoms with van der Waals surface area (Å²) < 4.78 is 0.755. The minimum absolute atomic E-state index is 0.161. The third kappa shape index (κ3) is 1.47. The van der Waals surface area contributed by atoms with E-state index in [0.29, 0.717) is 29.8 Å². The van der Waals surface area contributed by atoms with Gasteiger partial charge in [-0.05, 0) is 30.0 Å². The van der Waals surface area contributed by atoms with Gasteiger partial charge < -0.3 is 15.1 Å². The van der Waals surface area contributed by atoms with E-state index in [1.807, 2.05) is 6.08 Å². The van der Waals surface area contributed by atoms with Gasteiger partial charge in [0.05, 0.1) is 30.1 Å². The van der Waals surface area contributed by atoms with E-state index in [0.717, 1.165) is 30.3 Å². The number of likely N-dealkylation sites (N-methyl/N-ethyl adjacent to an activating group) is 1. The fraction of sp³-hybridized carbons (Fsp3) is 0.652. The molecule has 1 aliphatic carbocycles. The van der Waals surface area contributed by atoms with Crippen LogP contribution in [0.3, 0.4) is 0 Å². The number of nitrogens with zero attached hydrogens (tertiary/aromatic N) is 2. The van der Waals surface area contributed by atoms with Gasteiger partial charge in [-0.15, -0.1) is 0 Å². The Hall–Kier alpha value is -1.36. The van der Waals surface area contributed by atoms with Gasteiger partial charge in [0.15, 0.2) is 6.23 Å². The normalized spacial score (nSPS) is 53.6. The standard InChI is InChI=1S/C23H31N2O2/c1-4-10-25-17-11-14(13(5-2)22(25)27)19-18(25)12-23(21(19)26)15-8-6-7-9-16(15)24(3)20(17)23/h4,6-9,13-14,17-22,26-27H,1,5,10-12H2,2-3H3/q+1/t13-,14-,17-,18-,19+,20-,21-,22+,23+,25?/m0/s1. The average molecular weight is 368 g/mol. The molecule has 4 nitrogen and oxygen atoms in total. The lowest BCUT2D eigenvalue weighted by Crippen LogP contribution is -2.82. The summed E-state index contributed by atoms with van der Waals surface area (Å²) >= 11 is 0. The van der Waals surface area contributed by atoms with Gasteiger partial charge in [0.25, 0.3) is 0 Å². The molecule has 27 heavy (non-hydrogen) atoms. The predicted octanol–water partition coefficient (Wildman–Crippen LogP) is 2.26. The molecule has 7 rings (SSSR count). The Morgan fingerprint density at radius 2 is 2.07 bits per heavy atom. The van der Waals surface area contributed by atoms with Crippen LogP contribution in [0.2, 0.25) is 0 Å². The Morgan fingerprint density at radius 3 is 2.81 bits per heavy atom. The number of benzene rings is 1. The van der Waals surface area contributed by atoms with Crippen LogP contribution >= 0.6 is 0 Å². The molecule has 10 atom stereocenters. The van der Waals surface area contributed by atoms with Crippen molar-refractivity contribution in [1.29, 1.82) is 0 Å². The fourth-order valence-corrected chi connectivity index (χ4v) is 8.98. The molecule has 4 saturated heterocycles. The highest BCUT2D eigenvalue weighted by molar-refractivity contribution is 5.66. The van der Waals surface area contributed by atoms with Crippen LogP contribution < -0.4 is 4.90 Å². The minimum Gasteiger partial charge on any atom is -0.392 e. The van der Waals surface area contributed by atoms with Crippen LogP contribution in [0.15, 0.2) is 36.9 Å². The Morgan fingerprint density at radius 1 is 1.30 bits per heavy atom. The van der Waals surface area contributed by atoms with Crippen molar-refractivity contribution in [3.63, 3.8) is 0 Å². The Balaban J connectivity index is 1.63. The summed E-state index contributed by atoms with van der Waals surface area (Å²) in [5.41, 5.74) is 2.47.